The molecule has 19 heavy (non-hydrogen) atoms. The van der Waals surface area contributed by atoms with Gasteiger partial charge in [0, 0.05) is 17.1 Å². The number of rotatable bonds is 2. The molecule has 1 aromatic heterocycles. The van der Waals surface area contributed by atoms with E-state index in [1.165, 1.54) is 0 Å². The summed E-state index contributed by atoms with van der Waals surface area (Å²) in [5.74, 6) is 0.601. The number of aromatic nitrogens is 1. The number of anilines is 1. The fourth-order valence-corrected chi connectivity index (χ4v) is 2.41. The second kappa shape index (κ2) is 4.76. The lowest BCUT2D eigenvalue weighted by atomic mass is 10.1. The van der Waals surface area contributed by atoms with Crippen molar-refractivity contribution in [3.63, 3.8) is 0 Å². The first-order chi connectivity index (χ1) is 9.11. The van der Waals surface area contributed by atoms with Crippen molar-refractivity contribution in [2.24, 2.45) is 0 Å². The maximum atomic E-state index is 6.06. The Labute approximate surface area is 119 Å². The van der Waals surface area contributed by atoms with Crippen LogP contribution < -0.4 is 5.73 Å². The van der Waals surface area contributed by atoms with Crippen molar-refractivity contribution in [2.45, 2.75) is 6.42 Å². The minimum atomic E-state index is 0.471. The van der Waals surface area contributed by atoms with Crippen molar-refractivity contribution >= 4 is 40.0 Å². The normalized spacial score (nSPS) is 11.1. The van der Waals surface area contributed by atoms with E-state index in [9.17, 15) is 0 Å². The summed E-state index contributed by atoms with van der Waals surface area (Å²) < 4.78 is 5.66. The summed E-state index contributed by atoms with van der Waals surface area (Å²) in [6.45, 7) is 0. The van der Waals surface area contributed by atoms with Crippen molar-refractivity contribution in [1.29, 1.82) is 0 Å². The Bertz CT molecular complexity index is 735. The molecule has 0 spiro atoms. The molecule has 0 saturated heterocycles. The van der Waals surface area contributed by atoms with Crippen molar-refractivity contribution in [2.75, 3.05) is 5.73 Å². The van der Waals surface area contributed by atoms with Gasteiger partial charge in [0.1, 0.15) is 5.52 Å². The topological polar surface area (TPSA) is 52.0 Å². The third-order valence-electron chi connectivity index (χ3n) is 2.79. The summed E-state index contributed by atoms with van der Waals surface area (Å²) in [6.07, 6.45) is 0.586. The van der Waals surface area contributed by atoms with Gasteiger partial charge in [-0.2, -0.15) is 0 Å². The zero-order valence-electron chi connectivity index (χ0n) is 9.86. The Hall–Kier alpha value is -1.71. The van der Waals surface area contributed by atoms with E-state index in [-0.39, 0.29) is 0 Å². The van der Waals surface area contributed by atoms with E-state index in [0.29, 0.717) is 33.5 Å². The molecular formula is C14H10Cl2N2O. The van der Waals surface area contributed by atoms with Crippen LogP contribution in [-0.4, -0.2) is 4.98 Å². The summed E-state index contributed by atoms with van der Waals surface area (Å²) in [5, 5.41) is 1.02. The maximum absolute atomic E-state index is 6.06. The highest BCUT2D eigenvalue weighted by Crippen LogP contribution is 2.29. The van der Waals surface area contributed by atoms with E-state index in [1.807, 2.05) is 24.3 Å². The Balaban J connectivity index is 1.97. The molecule has 0 unspecified atom stereocenters. The van der Waals surface area contributed by atoms with Crippen molar-refractivity contribution in [1.82, 2.24) is 4.98 Å². The zero-order chi connectivity index (χ0) is 13.4. The molecule has 0 bridgehead atoms. The monoisotopic (exact) mass is 292 g/mol. The molecule has 0 aliphatic carbocycles. The van der Waals surface area contributed by atoms with Gasteiger partial charge in [-0.05, 0) is 29.8 Å². The molecule has 3 rings (SSSR count). The SMILES string of the molecule is Nc1ccc(Cc2nc3cc(Cl)cc(Cl)c3o2)cc1. The Kier molecular flexibility index (Phi) is 3.09. The standard InChI is InChI=1S/C14H10Cl2N2O/c15-9-6-11(16)14-12(7-9)18-13(19-14)5-8-1-3-10(17)4-2-8/h1-4,6-7H,5,17H2. The minimum absolute atomic E-state index is 0.471. The summed E-state index contributed by atoms with van der Waals surface area (Å²) in [7, 11) is 0. The molecule has 5 heteroatoms. The third-order valence-corrected chi connectivity index (χ3v) is 3.29. The molecule has 3 aromatic rings. The van der Waals surface area contributed by atoms with Crippen LogP contribution in [-0.2, 0) is 6.42 Å². The van der Waals surface area contributed by atoms with Crippen LogP contribution in [0.25, 0.3) is 11.1 Å². The Morgan fingerprint density at radius 1 is 1.11 bits per heavy atom. The number of hydrogen-bond acceptors (Lipinski definition) is 3. The van der Waals surface area contributed by atoms with Crippen LogP contribution in [0.2, 0.25) is 10.0 Å². The molecule has 0 atom stereocenters. The lowest BCUT2D eigenvalue weighted by molar-refractivity contribution is 0.544. The van der Waals surface area contributed by atoms with Crippen LogP contribution in [0.15, 0.2) is 40.8 Å². The number of fused-ring (bicyclic) bond motifs is 1. The van der Waals surface area contributed by atoms with Crippen LogP contribution in [0.5, 0.6) is 0 Å². The number of halogens is 2. The first kappa shape index (κ1) is 12.3. The van der Waals surface area contributed by atoms with Crippen LogP contribution in [0.4, 0.5) is 5.69 Å². The number of nitrogens with zero attached hydrogens (tertiary/aromatic N) is 1. The van der Waals surface area contributed by atoms with Crippen LogP contribution >= 0.6 is 23.2 Å². The van der Waals surface area contributed by atoms with Gasteiger partial charge in [-0.15, -0.1) is 0 Å². The smallest absolute Gasteiger partial charge is 0.199 e. The molecule has 96 valence electrons. The van der Waals surface area contributed by atoms with E-state index in [2.05, 4.69) is 4.98 Å². The molecule has 1 heterocycles. The number of benzene rings is 2. The second-order valence-electron chi connectivity index (χ2n) is 4.26. The molecule has 0 radical (unpaired) electrons. The van der Waals surface area contributed by atoms with Gasteiger partial charge >= 0.3 is 0 Å². The third kappa shape index (κ3) is 2.53. The second-order valence-corrected chi connectivity index (χ2v) is 5.11. The highest BCUT2D eigenvalue weighted by molar-refractivity contribution is 6.37. The Morgan fingerprint density at radius 3 is 2.58 bits per heavy atom. The predicted molar refractivity (Wildman–Crippen MR) is 77.7 cm³/mol. The van der Waals surface area contributed by atoms with Gasteiger partial charge in [-0.25, -0.2) is 4.98 Å². The lowest BCUT2D eigenvalue weighted by Gasteiger charge is -1.97. The molecule has 0 aliphatic heterocycles. The average molecular weight is 293 g/mol. The van der Waals surface area contributed by atoms with Crippen LogP contribution in [0.3, 0.4) is 0 Å². The predicted octanol–water partition coefficient (Wildman–Crippen LogP) is 4.31. The molecule has 2 aromatic carbocycles. The van der Waals surface area contributed by atoms with E-state index in [1.54, 1.807) is 12.1 Å². The fraction of sp³-hybridized carbons (Fsp3) is 0.0714. The molecule has 0 aliphatic rings. The summed E-state index contributed by atoms with van der Waals surface area (Å²) >= 11 is 12.0. The lowest BCUT2D eigenvalue weighted by Crippen LogP contribution is -1.89. The van der Waals surface area contributed by atoms with E-state index in [0.717, 1.165) is 11.3 Å². The quantitative estimate of drug-likeness (QED) is 0.716. The van der Waals surface area contributed by atoms with Gasteiger partial charge in [0.2, 0.25) is 0 Å². The number of hydrogen-bond donors (Lipinski definition) is 1. The summed E-state index contributed by atoms with van der Waals surface area (Å²) in [5.41, 5.74) is 8.69. The minimum Gasteiger partial charge on any atom is -0.439 e. The van der Waals surface area contributed by atoms with Gasteiger partial charge < -0.3 is 10.2 Å². The molecular weight excluding hydrogens is 283 g/mol. The van der Waals surface area contributed by atoms with Gasteiger partial charge in [0.25, 0.3) is 0 Å². The van der Waals surface area contributed by atoms with Gasteiger partial charge in [0.05, 0.1) is 5.02 Å². The van der Waals surface area contributed by atoms with Crippen LogP contribution in [0.1, 0.15) is 11.5 Å². The zero-order valence-corrected chi connectivity index (χ0v) is 11.4. The first-order valence-electron chi connectivity index (χ1n) is 5.71. The number of nitrogen functional groups attached to an aromatic ring is 1. The molecule has 0 saturated carbocycles. The summed E-state index contributed by atoms with van der Waals surface area (Å²) in [6, 6.07) is 11.0. The van der Waals surface area contributed by atoms with Gasteiger partial charge in [-0.3, -0.25) is 0 Å². The average Bonchev–Trinajstić information content (AvgIpc) is 2.75. The number of nitrogens with two attached hydrogens (primary N) is 1. The Morgan fingerprint density at radius 2 is 1.84 bits per heavy atom. The molecule has 0 amide bonds. The molecule has 2 N–H and O–H groups in total. The molecule has 3 nitrogen and oxygen atoms in total. The summed E-state index contributed by atoms with van der Waals surface area (Å²) in [4.78, 5) is 4.39. The van der Waals surface area contributed by atoms with Crippen molar-refractivity contribution in [3.05, 3.63) is 57.9 Å². The van der Waals surface area contributed by atoms with E-state index < -0.39 is 0 Å². The van der Waals surface area contributed by atoms with E-state index in [4.69, 9.17) is 33.4 Å². The van der Waals surface area contributed by atoms with Gasteiger partial charge in [-0.1, -0.05) is 35.3 Å². The number of oxazole rings is 1. The largest absolute Gasteiger partial charge is 0.439 e. The van der Waals surface area contributed by atoms with Crippen molar-refractivity contribution < 1.29 is 4.42 Å². The van der Waals surface area contributed by atoms with Gasteiger partial charge in [0.15, 0.2) is 11.5 Å². The molecule has 0 fully saturated rings. The van der Waals surface area contributed by atoms with E-state index >= 15 is 0 Å². The highest BCUT2D eigenvalue weighted by Gasteiger charge is 2.11. The fourth-order valence-electron chi connectivity index (χ4n) is 1.89. The highest BCUT2D eigenvalue weighted by atomic mass is 35.5. The van der Waals surface area contributed by atoms with Crippen LogP contribution in [0, 0.1) is 0 Å². The maximum Gasteiger partial charge on any atom is 0.199 e. The first-order valence-corrected chi connectivity index (χ1v) is 6.46. The van der Waals surface area contributed by atoms with Crippen molar-refractivity contribution in [3.8, 4) is 0 Å².